The van der Waals surface area contributed by atoms with Crippen LogP contribution in [0.25, 0.3) is 0 Å². The van der Waals surface area contributed by atoms with Crippen molar-refractivity contribution in [2.45, 2.75) is 19.2 Å². The summed E-state index contributed by atoms with van der Waals surface area (Å²) in [7, 11) is 0. The van der Waals surface area contributed by atoms with Crippen molar-refractivity contribution in [1.82, 2.24) is 0 Å². The van der Waals surface area contributed by atoms with Gasteiger partial charge < -0.3 is 5.11 Å². The van der Waals surface area contributed by atoms with E-state index >= 15 is 0 Å². The Morgan fingerprint density at radius 3 is 2.14 bits per heavy atom. The summed E-state index contributed by atoms with van der Waals surface area (Å²) < 4.78 is 39.5. The van der Waals surface area contributed by atoms with Crippen LogP contribution in [-0.2, 0) is 6.18 Å². The maximum absolute atomic E-state index is 12.7. The second kappa shape index (κ2) is 6.10. The van der Waals surface area contributed by atoms with Gasteiger partial charge in [0.15, 0.2) is 0 Å². The summed E-state index contributed by atoms with van der Waals surface area (Å²) in [6, 6.07) is 8.61. The Morgan fingerprint density at radius 2 is 1.62 bits per heavy atom. The van der Waals surface area contributed by atoms with Crippen molar-refractivity contribution in [2.75, 3.05) is 0 Å². The molecule has 6 heteroatoms. The molecule has 0 fully saturated rings. The zero-order valence-corrected chi connectivity index (χ0v) is 14.1. The van der Waals surface area contributed by atoms with Gasteiger partial charge in [-0.2, -0.15) is 13.2 Å². The van der Waals surface area contributed by atoms with Crippen LogP contribution >= 0.6 is 31.9 Å². The summed E-state index contributed by atoms with van der Waals surface area (Å²) in [5.41, 5.74) is 0.727. The van der Waals surface area contributed by atoms with Gasteiger partial charge in [-0.25, -0.2) is 0 Å². The number of rotatable bonds is 2. The summed E-state index contributed by atoms with van der Waals surface area (Å²) in [5, 5.41) is 10.4. The molecule has 1 unspecified atom stereocenters. The fraction of sp³-hybridized carbons (Fsp3) is 0.200. The Morgan fingerprint density at radius 1 is 1.00 bits per heavy atom. The highest BCUT2D eigenvalue weighted by Crippen LogP contribution is 2.35. The van der Waals surface area contributed by atoms with E-state index in [2.05, 4.69) is 31.9 Å². The number of aliphatic hydroxyl groups excluding tert-OH is 1. The molecule has 1 N–H and O–H groups in total. The van der Waals surface area contributed by atoms with E-state index in [1.807, 2.05) is 0 Å². The first-order chi connectivity index (χ1) is 9.70. The van der Waals surface area contributed by atoms with Gasteiger partial charge in [0, 0.05) is 8.95 Å². The van der Waals surface area contributed by atoms with Crippen molar-refractivity contribution in [3.05, 3.63) is 67.6 Å². The standard InChI is InChI=1S/C15H11Br2F3O/c1-8-6-9(15(18,19)20)2-4-11(8)14(21)12-5-3-10(16)7-13(12)17/h2-7,14,21H,1H3. The van der Waals surface area contributed by atoms with E-state index in [-0.39, 0.29) is 0 Å². The number of benzene rings is 2. The fourth-order valence-electron chi connectivity index (χ4n) is 2.05. The number of hydrogen-bond acceptors (Lipinski definition) is 1. The van der Waals surface area contributed by atoms with Crippen LogP contribution in [0, 0.1) is 6.92 Å². The van der Waals surface area contributed by atoms with Crippen molar-refractivity contribution >= 4 is 31.9 Å². The van der Waals surface area contributed by atoms with Crippen LogP contribution < -0.4 is 0 Å². The third kappa shape index (κ3) is 3.67. The second-order valence-corrected chi connectivity index (χ2v) is 6.41. The van der Waals surface area contributed by atoms with Gasteiger partial charge in [0.25, 0.3) is 0 Å². The lowest BCUT2D eigenvalue weighted by atomic mass is 9.96. The average molecular weight is 424 g/mol. The topological polar surface area (TPSA) is 20.2 Å². The quantitative estimate of drug-likeness (QED) is 0.664. The molecule has 0 spiro atoms. The molecular formula is C15H11Br2F3O. The minimum atomic E-state index is -4.38. The highest BCUT2D eigenvalue weighted by molar-refractivity contribution is 9.11. The van der Waals surface area contributed by atoms with Crippen LogP contribution in [-0.4, -0.2) is 5.11 Å². The maximum Gasteiger partial charge on any atom is 0.416 e. The van der Waals surface area contributed by atoms with Gasteiger partial charge in [-0.15, -0.1) is 0 Å². The van der Waals surface area contributed by atoms with Crippen LogP contribution in [0.4, 0.5) is 13.2 Å². The first-order valence-electron chi connectivity index (χ1n) is 6.01. The van der Waals surface area contributed by atoms with Crippen molar-refractivity contribution in [1.29, 1.82) is 0 Å². The number of aliphatic hydroxyl groups is 1. The van der Waals surface area contributed by atoms with E-state index in [4.69, 9.17) is 0 Å². The molecular weight excluding hydrogens is 413 g/mol. The van der Waals surface area contributed by atoms with Gasteiger partial charge in [0.1, 0.15) is 6.10 Å². The lowest BCUT2D eigenvalue weighted by molar-refractivity contribution is -0.137. The van der Waals surface area contributed by atoms with Crippen LogP contribution in [0.1, 0.15) is 28.4 Å². The predicted molar refractivity (Wildman–Crippen MR) is 82.1 cm³/mol. The molecule has 2 aromatic carbocycles. The van der Waals surface area contributed by atoms with E-state index in [0.29, 0.717) is 21.2 Å². The lowest BCUT2D eigenvalue weighted by Crippen LogP contribution is -2.08. The molecule has 112 valence electrons. The third-order valence-electron chi connectivity index (χ3n) is 3.15. The Labute approximate surface area is 137 Å². The molecule has 1 atom stereocenters. The average Bonchev–Trinajstić information content (AvgIpc) is 2.36. The van der Waals surface area contributed by atoms with Crippen LogP contribution in [0.3, 0.4) is 0 Å². The molecule has 0 bridgehead atoms. The highest BCUT2D eigenvalue weighted by atomic mass is 79.9. The molecule has 0 amide bonds. The first-order valence-corrected chi connectivity index (χ1v) is 7.59. The van der Waals surface area contributed by atoms with Gasteiger partial charge >= 0.3 is 6.18 Å². The Bertz CT molecular complexity index is 668. The molecule has 0 aromatic heterocycles. The van der Waals surface area contributed by atoms with E-state index in [9.17, 15) is 18.3 Å². The molecule has 1 nitrogen and oxygen atoms in total. The molecule has 2 rings (SSSR count). The Kier molecular flexibility index (Phi) is 4.80. The second-order valence-electron chi connectivity index (χ2n) is 4.64. The van der Waals surface area contributed by atoms with Crippen LogP contribution in [0.2, 0.25) is 0 Å². The summed E-state index contributed by atoms with van der Waals surface area (Å²) >= 11 is 6.66. The van der Waals surface area contributed by atoms with Crippen molar-refractivity contribution in [3.8, 4) is 0 Å². The normalized spacial score (nSPS) is 13.3. The minimum Gasteiger partial charge on any atom is -0.384 e. The summed E-state index contributed by atoms with van der Waals surface area (Å²) in [6.07, 6.45) is -5.37. The zero-order chi connectivity index (χ0) is 15.8. The van der Waals surface area contributed by atoms with Crippen LogP contribution in [0.15, 0.2) is 45.3 Å². The van der Waals surface area contributed by atoms with Gasteiger partial charge in [-0.1, -0.05) is 44.0 Å². The molecule has 0 radical (unpaired) electrons. The summed E-state index contributed by atoms with van der Waals surface area (Å²) in [6.45, 7) is 1.56. The molecule has 0 aliphatic carbocycles. The molecule has 2 aromatic rings. The molecule has 0 aliphatic heterocycles. The first kappa shape index (κ1) is 16.5. The summed E-state index contributed by atoms with van der Waals surface area (Å²) in [5.74, 6) is 0. The van der Waals surface area contributed by atoms with Crippen molar-refractivity contribution in [2.24, 2.45) is 0 Å². The molecule has 0 saturated heterocycles. The highest BCUT2D eigenvalue weighted by Gasteiger charge is 2.31. The lowest BCUT2D eigenvalue weighted by Gasteiger charge is -2.17. The number of hydrogen-bond donors (Lipinski definition) is 1. The SMILES string of the molecule is Cc1cc(C(F)(F)F)ccc1C(O)c1ccc(Br)cc1Br. The Hall–Kier alpha value is -0.850. The van der Waals surface area contributed by atoms with Gasteiger partial charge in [-0.05, 0) is 47.9 Å². The van der Waals surface area contributed by atoms with E-state index in [1.165, 1.54) is 6.07 Å². The smallest absolute Gasteiger partial charge is 0.384 e. The number of alkyl halides is 3. The van der Waals surface area contributed by atoms with E-state index < -0.39 is 17.8 Å². The zero-order valence-electron chi connectivity index (χ0n) is 10.9. The van der Waals surface area contributed by atoms with Gasteiger partial charge in [0.05, 0.1) is 5.56 Å². The molecule has 0 saturated carbocycles. The number of halogens is 5. The van der Waals surface area contributed by atoms with Gasteiger partial charge in [-0.3, -0.25) is 0 Å². The largest absolute Gasteiger partial charge is 0.416 e. The molecule has 21 heavy (non-hydrogen) atoms. The summed E-state index contributed by atoms with van der Waals surface area (Å²) in [4.78, 5) is 0. The number of aryl methyl sites for hydroxylation is 1. The van der Waals surface area contributed by atoms with E-state index in [1.54, 1.807) is 25.1 Å². The maximum atomic E-state index is 12.7. The minimum absolute atomic E-state index is 0.396. The predicted octanol–water partition coefficient (Wildman–Crippen LogP) is 5.62. The third-order valence-corrected chi connectivity index (χ3v) is 4.33. The Balaban J connectivity index is 2.42. The van der Waals surface area contributed by atoms with Gasteiger partial charge in [0.2, 0.25) is 0 Å². The molecule has 0 aliphatic rings. The van der Waals surface area contributed by atoms with E-state index in [0.717, 1.165) is 16.6 Å². The molecule has 0 heterocycles. The fourth-order valence-corrected chi connectivity index (χ4v) is 3.31. The monoisotopic (exact) mass is 422 g/mol. The van der Waals surface area contributed by atoms with Crippen molar-refractivity contribution in [3.63, 3.8) is 0 Å². The van der Waals surface area contributed by atoms with Crippen molar-refractivity contribution < 1.29 is 18.3 Å². The van der Waals surface area contributed by atoms with Crippen LogP contribution in [0.5, 0.6) is 0 Å².